The summed E-state index contributed by atoms with van der Waals surface area (Å²) >= 11 is 7.77. The monoisotopic (exact) mass is 482 g/mol. The minimum absolute atomic E-state index is 0.194. The Morgan fingerprint density at radius 2 is 1.94 bits per heavy atom. The first-order chi connectivity index (χ1) is 15.9. The van der Waals surface area contributed by atoms with Gasteiger partial charge < -0.3 is 14.5 Å². The zero-order valence-electron chi connectivity index (χ0n) is 17.8. The third-order valence-electron chi connectivity index (χ3n) is 5.97. The van der Waals surface area contributed by atoms with Gasteiger partial charge >= 0.3 is 0 Å². The van der Waals surface area contributed by atoms with Gasteiger partial charge in [-0.05, 0) is 60.2 Å². The molecule has 8 heteroatoms. The molecule has 2 amide bonds. The number of methoxy groups -OCH3 is 1. The largest absolute Gasteiger partial charge is 0.497 e. The fourth-order valence-electron chi connectivity index (χ4n) is 4.45. The molecule has 3 aromatic rings. The zero-order chi connectivity index (χ0) is 23.2. The smallest absolute Gasteiger partial charge is 0.268 e. The molecule has 0 radical (unpaired) electrons. The first-order valence-electron chi connectivity index (χ1n) is 10.4. The predicted molar refractivity (Wildman–Crippen MR) is 127 cm³/mol. The normalized spacial score (nSPS) is 19.3. The third kappa shape index (κ3) is 3.56. The van der Waals surface area contributed by atoms with Crippen LogP contribution in [0.2, 0.25) is 5.02 Å². The molecule has 5 nitrogen and oxygen atoms in total. The lowest BCUT2D eigenvalue weighted by molar-refractivity contribution is -0.123. The molecule has 0 aliphatic carbocycles. The molecule has 168 valence electrons. The van der Waals surface area contributed by atoms with Gasteiger partial charge in [0.1, 0.15) is 11.6 Å². The number of halogens is 2. The maximum absolute atomic E-state index is 14.0. The van der Waals surface area contributed by atoms with E-state index in [2.05, 4.69) is 0 Å². The molecular weight excluding hydrogens is 463 g/mol. The standard InChI is InChI=1S/C25H20ClFN2O3S/c1-32-20-4-2-3-16(13-20)15-28-22-10-7-18(26)14-21(22)25(24(28)31)29(11-12-33-25)23(30)17-5-8-19(27)9-6-17/h2-10,13-14H,11-12,15H2,1H3. The molecule has 3 aromatic carbocycles. The van der Waals surface area contributed by atoms with Gasteiger partial charge in [-0.25, -0.2) is 4.39 Å². The molecule has 0 aromatic heterocycles. The van der Waals surface area contributed by atoms with E-state index in [1.54, 1.807) is 29.0 Å². The maximum Gasteiger partial charge on any atom is 0.268 e. The molecule has 1 unspecified atom stereocenters. The number of hydrogen-bond donors (Lipinski definition) is 0. The number of carbonyl (C=O) groups is 2. The molecule has 1 atom stereocenters. The molecule has 2 heterocycles. The Kier molecular flexibility index (Phi) is 5.54. The van der Waals surface area contributed by atoms with Crippen molar-refractivity contribution in [1.82, 2.24) is 4.90 Å². The number of rotatable bonds is 4. The second-order valence-corrected chi connectivity index (χ2v) is 9.58. The van der Waals surface area contributed by atoms with Gasteiger partial charge in [-0.2, -0.15) is 0 Å². The van der Waals surface area contributed by atoms with E-state index >= 15 is 0 Å². The van der Waals surface area contributed by atoms with E-state index in [9.17, 15) is 14.0 Å². The van der Waals surface area contributed by atoms with Crippen molar-refractivity contribution in [3.05, 3.63) is 94.3 Å². The summed E-state index contributed by atoms with van der Waals surface area (Å²) in [4.78, 5) is 29.6. The number of nitrogens with zero attached hydrogens (tertiary/aromatic N) is 2. The number of benzene rings is 3. The van der Waals surface area contributed by atoms with Gasteiger partial charge in [-0.3, -0.25) is 9.59 Å². The molecule has 1 saturated heterocycles. The SMILES string of the molecule is COc1cccc(CN2C(=O)C3(SCCN3C(=O)c3ccc(F)cc3)c3cc(Cl)ccc32)c1. The van der Waals surface area contributed by atoms with Crippen molar-refractivity contribution in [3.8, 4) is 5.75 Å². The third-order valence-corrected chi connectivity index (χ3v) is 7.62. The molecular formula is C25H20ClFN2O3S. The lowest BCUT2D eigenvalue weighted by Crippen LogP contribution is -2.50. The second-order valence-electron chi connectivity index (χ2n) is 7.86. The molecule has 1 fully saturated rings. The van der Waals surface area contributed by atoms with Gasteiger partial charge in [0, 0.05) is 28.4 Å². The summed E-state index contributed by atoms with van der Waals surface area (Å²) in [7, 11) is 1.60. The summed E-state index contributed by atoms with van der Waals surface area (Å²) in [6, 6.07) is 18.3. The topological polar surface area (TPSA) is 49.9 Å². The number of thioether (sulfide) groups is 1. The summed E-state index contributed by atoms with van der Waals surface area (Å²) in [5.41, 5.74) is 2.65. The van der Waals surface area contributed by atoms with Crippen molar-refractivity contribution in [2.75, 3.05) is 24.3 Å². The lowest BCUT2D eigenvalue weighted by Gasteiger charge is -2.33. The van der Waals surface area contributed by atoms with Crippen LogP contribution in [0.15, 0.2) is 66.7 Å². The van der Waals surface area contributed by atoms with E-state index in [4.69, 9.17) is 16.3 Å². The average molecular weight is 483 g/mol. The van der Waals surface area contributed by atoms with Crippen molar-refractivity contribution in [2.24, 2.45) is 0 Å². The minimum atomic E-state index is -1.22. The second kappa shape index (κ2) is 8.39. The average Bonchev–Trinajstić information content (AvgIpc) is 3.36. The van der Waals surface area contributed by atoms with Crippen molar-refractivity contribution in [3.63, 3.8) is 0 Å². The summed E-state index contributed by atoms with van der Waals surface area (Å²) < 4.78 is 18.8. The van der Waals surface area contributed by atoms with E-state index in [-0.39, 0.29) is 11.8 Å². The van der Waals surface area contributed by atoms with Crippen molar-refractivity contribution < 1.29 is 18.7 Å². The van der Waals surface area contributed by atoms with Gasteiger partial charge in [0.25, 0.3) is 11.8 Å². The van der Waals surface area contributed by atoms with Crippen LogP contribution in [0.1, 0.15) is 21.5 Å². The van der Waals surface area contributed by atoms with Gasteiger partial charge in [-0.1, -0.05) is 23.7 Å². The first-order valence-corrected chi connectivity index (χ1v) is 11.8. The molecule has 2 aliphatic heterocycles. The number of carbonyl (C=O) groups excluding carboxylic acids is 2. The number of amides is 2. The van der Waals surface area contributed by atoms with E-state index in [0.29, 0.717) is 40.7 Å². The highest BCUT2D eigenvalue weighted by Crippen LogP contribution is 2.55. The van der Waals surface area contributed by atoms with Crippen molar-refractivity contribution in [2.45, 2.75) is 11.4 Å². The Balaban J connectivity index is 1.58. The molecule has 0 bridgehead atoms. The van der Waals surface area contributed by atoms with E-state index < -0.39 is 10.7 Å². The van der Waals surface area contributed by atoms with Gasteiger partial charge in [0.05, 0.1) is 19.3 Å². The zero-order valence-corrected chi connectivity index (χ0v) is 19.3. The van der Waals surface area contributed by atoms with Crippen LogP contribution in [-0.4, -0.2) is 36.1 Å². The first kappa shape index (κ1) is 21.8. The van der Waals surface area contributed by atoms with Gasteiger partial charge in [0.15, 0.2) is 4.87 Å². The van der Waals surface area contributed by atoms with Crippen LogP contribution in [-0.2, 0) is 16.2 Å². The highest BCUT2D eigenvalue weighted by molar-refractivity contribution is 8.01. The summed E-state index contributed by atoms with van der Waals surface area (Å²) in [6.45, 7) is 0.719. The quantitative estimate of drug-likeness (QED) is 0.520. The molecule has 0 N–H and O–H groups in total. The number of hydrogen-bond acceptors (Lipinski definition) is 4. The number of ether oxygens (including phenoxy) is 1. The Morgan fingerprint density at radius 1 is 1.15 bits per heavy atom. The van der Waals surface area contributed by atoms with E-state index in [0.717, 1.165) is 11.3 Å². The summed E-state index contributed by atoms with van der Waals surface area (Å²) in [5.74, 6) is 0.365. The summed E-state index contributed by atoms with van der Waals surface area (Å²) in [5, 5.41) is 0.492. The molecule has 0 saturated carbocycles. The van der Waals surface area contributed by atoms with Gasteiger partial charge in [-0.15, -0.1) is 11.8 Å². The summed E-state index contributed by atoms with van der Waals surface area (Å²) in [6.07, 6.45) is 0. The highest BCUT2D eigenvalue weighted by Gasteiger charge is 2.59. The fourth-order valence-corrected chi connectivity index (χ4v) is 6.07. The van der Waals surface area contributed by atoms with Crippen LogP contribution in [0.3, 0.4) is 0 Å². The Morgan fingerprint density at radius 3 is 2.70 bits per heavy atom. The van der Waals surface area contributed by atoms with Crippen LogP contribution < -0.4 is 9.64 Å². The Bertz CT molecular complexity index is 1250. The lowest BCUT2D eigenvalue weighted by atomic mass is 10.0. The maximum atomic E-state index is 14.0. The van der Waals surface area contributed by atoms with E-state index in [1.807, 2.05) is 30.3 Å². The van der Waals surface area contributed by atoms with Crippen LogP contribution in [0.5, 0.6) is 5.75 Å². The fraction of sp³-hybridized carbons (Fsp3) is 0.200. The molecule has 1 spiro atoms. The van der Waals surface area contributed by atoms with Crippen molar-refractivity contribution >= 4 is 40.9 Å². The van der Waals surface area contributed by atoms with Crippen LogP contribution in [0, 0.1) is 5.82 Å². The number of fused-ring (bicyclic) bond motifs is 2. The van der Waals surface area contributed by atoms with Crippen LogP contribution in [0.4, 0.5) is 10.1 Å². The molecule has 33 heavy (non-hydrogen) atoms. The van der Waals surface area contributed by atoms with E-state index in [1.165, 1.54) is 36.0 Å². The minimum Gasteiger partial charge on any atom is -0.497 e. The van der Waals surface area contributed by atoms with Gasteiger partial charge in [0.2, 0.25) is 0 Å². The predicted octanol–water partition coefficient (Wildman–Crippen LogP) is 5.08. The Labute approximate surface area is 200 Å². The van der Waals surface area contributed by atoms with Crippen LogP contribution >= 0.6 is 23.4 Å². The van der Waals surface area contributed by atoms with Crippen molar-refractivity contribution in [1.29, 1.82) is 0 Å². The highest BCUT2D eigenvalue weighted by atomic mass is 35.5. The molecule has 2 aliphatic rings. The number of anilines is 1. The van der Waals surface area contributed by atoms with Crippen LogP contribution in [0.25, 0.3) is 0 Å². The Hall–Kier alpha value is -3.03. The molecule has 5 rings (SSSR count).